The first-order valence-corrected chi connectivity index (χ1v) is 8.59. The SMILES string of the molecule is CCOc1cccc(CN2CC[C@](O)(c3cn(C(C)C)nn3)C2)c1. The number of nitrogens with zero attached hydrogens (tertiary/aromatic N) is 4. The van der Waals surface area contributed by atoms with Gasteiger partial charge in [-0.05, 0) is 44.9 Å². The van der Waals surface area contributed by atoms with Crippen molar-refractivity contribution in [3.8, 4) is 5.75 Å². The molecule has 1 atom stereocenters. The van der Waals surface area contributed by atoms with Gasteiger partial charge in [0.25, 0.3) is 0 Å². The Kier molecular flexibility index (Phi) is 4.87. The summed E-state index contributed by atoms with van der Waals surface area (Å²) in [6.45, 7) is 8.95. The van der Waals surface area contributed by atoms with Gasteiger partial charge in [0.15, 0.2) is 0 Å². The van der Waals surface area contributed by atoms with Crippen LogP contribution in [0.25, 0.3) is 0 Å². The van der Waals surface area contributed by atoms with Gasteiger partial charge in [-0.3, -0.25) is 4.90 Å². The standard InChI is InChI=1S/C18H26N4O2/c1-4-24-16-7-5-6-15(10-16)11-21-9-8-18(23,13-21)17-12-22(14(2)3)20-19-17/h5-7,10,12,14,23H,4,8-9,11,13H2,1-3H3/t18-/m1/s1. The number of hydrogen-bond donors (Lipinski definition) is 1. The summed E-state index contributed by atoms with van der Waals surface area (Å²) in [4.78, 5) is 2.25. The van der Waals surface area contributed by atoms with Crippen molar-refractivity contribution in [3.63, 3.8) is 0 Å². The van der Waals surface area contributed by atoms with Gasteiger partial charge in [-0.15, -0.1) is 5.10 Å². The first kappa shape index (κ1) is 16.9. The predicted molar refractivity (Wildman–Crippen MR) is 91.8 cm³/mol. The molecule has 1 aromatic heterocycles. The van der Waals surface area contributed by atoms with E-state index >= 15 is 0 Å². The summed E-state index contributed by atoms with van der Waals surface area (Å²) in [5, 5.41) is 19.3. The van der Waals surface area contributed by atoms with Crippen LogP contribution in [0.5, 0.6) is 5.75 Å². The van der Waals surface area contributed by atoms with Crippen LogP contribution in [0.3, 0.4) is 0 Å². The summed E-state index contributed by atoms with van der Waals surface area (Å²) in [7, 11) is 0. The lowest BCUT2D eigenvalue weighted by Gasteiger charge is -2.21. The van der Waals surface area contributed by atoms with E-state index in [9.17, 15) is 5.11 Å². The minimum atomic E-state index is -0.912. The van der Waals surface area contributed by atoms with Gasteiger partial charge in [-0.25, -0.2) is 4.68 Å². The van der Waals surface area contributed by atoms with Crippen LogP contribution in [0, 0.1) is 0 Å². The Morgan fingerprint density at radius 1 is 1.38 bits per heavy atom. The molecule has 2 heterocycles. The maximum Gasteiger partial charge on any atom is 0.124 e. The molecule has 0 spiro atoms. The normalized spacial score (nSPS) is 21.5. The molecule has 1 aliphatic heterocycles. The average molecular weight is 330 g/mol. The van der Waals surface area contributed by atoms with E-state index in [1.54, 1.807) is 4.68 Å². The third-order valence-corrected chi connectivity index (χ3v) is 4.46. The average Bonchev–Trinajstić information content (AvgIpc) is 3.16. The molecule has 6 heteroatoms. The molecule has 2 aromatic rings. The maximum absolute atomic E-state index is 11.0. The number of ether oxygens (including phenoxy) is 1. The Morgan fingerprint density at radius 2 is 2.21 bits per heavy atom. The van der Waals surface area contributed by atoms with Gasteiger partial charge >= 0.3 is 0 Å². The molecule has 130 valence electrons. The van der Waals surface area contributed by atoms with Crippen LogP contribution in [-0.4, -0.2) is 44.7 Å². The molecule has 1 saturated heterocycles. The lowest BCUT2D eigenvalue weighted by Crippen LogP contribution is -2.31. The summed E-state index contributed by atoms with van der Waals surface area (Å²) in [5.74, 6) is 0.893. The molecule has 3 rings (SSSR count). The van der Waals surface area contributed by atoms with Gasteiger partial charge in [0.2, 0.25) is 0 Å². The van der Waals surface area contributed by atoms with E-state index in [0.29, 0.717) is 25.3 Å². The monoisotopic (exact) mass is 330 g/mol. The van der Waals surface area contributed by atoms with E-state index in [1.807, 2.05) is 25.3 Å². The molecule has 0 bridgehead atoms. The van der Waals surface area contributed by atoms with Crippen molar-refractivity contribution < 1.29 is 9.84 Å². The first-order chi connectivity index (χ1) is 11.5. The lowest BCUT2D eigenvalue weighted by atomic mass is 10.00. The molecule has 0 unspecified atom stereocenters. The molecular weight excluding hydrogens is 304 g/mol. The zero-order chi connectivity index (χ0) is 17.2. The minimum absolute atomic E-state index is 0.244. The van der Waals surface area contributed by atoms with Crippen LogP contribution in [0.1, 0.15) is 44.5 Å². The zero-order valence-electron chi connectivity index (χ0n) is 14.6. The molecule has 0 saturated carbocycles. The topological polar surface area (TPSA) is 63.4 Å². The van der Waals surface area contributed by atoms with Crippen molar-refractivity contribution in [1.29, 1.82) is 0 Å². The molecule has 1 N–H and O–H groups in total. The van der Waals surface area contributed by atoms with E-state index in [-0.39, 0.29) is 6.04 Å². The van der Waals surface area contributed by atoms with E-state index in [1.165, 1.54) is 5.56 Å². The molecular formula is C18H26N4O2. The minimum Gasteiger partial charge on any atom is -0.494 e. The highest BCUT2D eigenvalue weighted by molar-refractivity contribution is 5.28. The highest BCUT2D eigenvalue weighted by Crippen LogP contribution is 2.31. The van der Waals surface area contributed by atoms with Crippen LogP contribution in [-0.2, 0) is 12.1 Å². The molecule has 0 aliphatic carbocycles. The number of aliphatic hydroxyl groups is 1. The molecule has 0 amide bonds. The Hall–Kier alpha value is -1.92. The van der Waals surface area contributed by atoms with Crippen molar-refractivity contribution in [2.24, 2.45) is 0 Å². The summed E-state index contributed by atoms with van der Waals surface area (Å²) in [6, 6.07) is 8.38. The van der Waals surface area contributed by atoms with Crippen molar-refractivity contribution in [2.75, 3.05) is 19.7 Å². The zero-order valence-corrected chi connectivity index (χ0v) is 14.6. The van der Waals surface area contributed by atoms with Gasteiger partial charge < -0.3 is 9.84 Å². The highest BCUT2D eigenvalue weighted by atomic mass is 16.5. The fourth-order valence-electron chi connectivity index (χ4n) is 3.12. The van der Waals surface area contributed by atoms with Gasteiger partial charge in [-0.1, -0.05) is 17.3 Å². The van der Waals surface area contributed by atoms with Crippen molar-refractivity contribution in [1.82, 2.24) is 19.9 Å². The fraction of sp³-hybridized carbons (Fsp3) is 0.556. The van der Waals surface area contributed by atoms with Crippen LogP contribution >= 0.6 is 0 Å². The second kappa shape index (κ2) is 6.91. The quantitative estimate of drug-likeness (QED) is 0.881. The molecule has 1 fully saturated rings. The number of β-amino-alcohol motifs (C(OH)–C–C–N with tert-alkyl or cyclic N) is 1. The smallest absolute Gasteiger partial charge is 0.124 e. The largest absolute Gasteiger partial charge is 0.494 e. The van der Waals surface area contributed by atoms with Crippen LogP contribution in [0.15, 0.2) is 30.5 Å². The van der Waals surface area contributed by atoms with E-state index < -0.39 is 5.60 Å². The van der Waals surface area contributed by atoms with Gasteiger partial charge in [-0.2, -0.15) is 0 Å². The van der Waals surface area contributed by atoms with Gasteiger partial charge in [0, 0.05) is 25.7 Å². The van der Waals surface area contributed by atoms with E-state index in [0.717, 1.165) is 18.8 Å². The fourth-order valence-corrected chi connectivity index (χ4v) is 3.12. The van der Waals surface area contributed by atoms with Gasteiger partial charge in [0.1, 0.15) is 17.0 Å². The third kappa shape index (κ3) is 3.60. The highest BCUT2D eigenvalue weighted by Gasteiger charge is 2.40. The molecule has 1 aliphatic rings. The Balaban J connectivity index is 1.67. The summed E-state index contributed by atoms with van der Waals surface area (Å²) >= 11 is 0. The second-order valence-corrected chi connectivity index (χ2v) is 6.75. The number of hydrogen-bond acceptors (Lipinski definition) is 5. The van der Waals surface area contributed by atoms with Crippen molar-refractivity contribution in [3.05, 3.63) is 41.7 Å². The second-order valence-electron chi connectivity index (χ2n) is 6.75. The molecule has 1 aromatic carbocycles. The summed E-state index contributed by atoms with van der Waals surface area (Å²) in [5.41, 5.74) is 0.947. The van der Waals surface area contributed by atoms with E-state index in [2.05, 4.69) is 41.2 Å². The first-order valence-electron chi connectivity index (χ1n) is 8.59. The van der Waals surface area contributed by atoms with Crippen LogP contribution < -0.4 is 4.74 Å². The molecule has 6 nitrogen and oxygen atoms in total. The number of likely N-dealkylation sites (tertiary alicyclic amines) is 1. The third-order valence-electron chi connectivity index (χ3n) is 4.46. The maximum atomic E-state index is 11.0. The summed E-state index contributed by atoms with van der Waals surface area (Å²) < 4.78 is 7.35. The molecule has 0 radical (unpaired) electrons. The predicted octanol–water partition coefficient (Wildman–Crippen LogP) is 2.35. The van der Waals surface area contributed by atoms with Crippen LogP contribution in [0.2, 0.25) is 0 Å². The van der Waals surface area contributed by atoms with Crippen molar-refractivity contribution >= 4 is 0 Å². The van der Waals surface area contributed by atoms with Gasteiger partial charge in [0.05, 0.1) is 12.8 Å². The Morgan fingerprint density at radius 3 is 2.92 bits per heavy atom. The van der Waals surface area contributed by atoms with E-state index in [4.69, 9.17) is 4.74 Å². The Labute approximate surface area is 143 Å². The number of aromatic nitrogens is 3. The number of rotatable bonds is 6. The number of benzene rings is 1. The Bertz CT molecular complexity index is 685. The van der Waals surface area contributed by atoms with Crippen molar-refractivity contribution in [2.45, 2.75) is 45.4 Å². The van der Waals surface area contributed by atoms with Crippen LogP contribution in [0.4, 0.5) is 0 Å². The summed E-state index contributed by atoms with van der Waals surface area (Å²) in [6.07, 6.45) is 2.54. The lowest BCUT2D eigenvalue weighted by molar-refractivity contribution is 0.0408. The molecule has 24 heavy (non-hydrogen) atoms.